The molecule has 3 aromatic carbocycles. The van der Waals surface area contributed by atoms with Crippen molar-refractivity contribution in [1.82, 2.24) is 9.03 Å². The summed E-state index contributed by atoms with van der Waals surface area (Å²) in [5, 5.41) is 0. The lowest BCUT2D eigenvalue weighted by Gasteiger charge is -2.19. The second-order valence-electron chi connectivity index (χ2n) is 7.92. The SMILES string of the molecule is CCOC(=O)/C(=C/[C@@H](c1ccccc1)c1ccc(OCc2ccccc2)cc1)NS(=O)(=O)N(C)C. The van der Waals surface area contributed by atoms with Crippen molar-refractivity contribution < 1.29 is 22.7 Å². The number of allylic oxidation sites excluding steroid dienone is 1. The molecule has 8 heteroatoms. The molecule has 0 aliphatic heterocycles. The molecule has 0 heterocycles. The van der Waals surface area contributed by atoms with E-state index in [9.17, 15) is 13.2 Å². The molecule has 3 rings (SSSR count). The topological polar surface area (TPSA) is 84.9 Å². The van der Waals surface area contributed by atoms with Crippen LogP contribution in [0, 0.1) is 0 Å². The Morgan fingerprint density at radius 2 is 1.49 bits per heavy atom. The van der Waals surface area contributed by atoms with Crippen LogP contribution in [0.3, 0.4) is 0 Å². The highest BCUT2D eigenvalue weighted by Gasteiger charge is 2.23. The van der Waals surface area contributed by atoms with Crippen molar-refractivity contribution in [2.75, 3.05) is 20.7 Å². The zero-order chi connectivity index (χ0) is 25.3. The number of nitrogens with one attached hydrogen (secondary N) is 1. The van der Waals surface area contributed by atoms with Crippen LogP contribution in [0.25, 0.3) is 0 Å². The largest absolute Gasteiger partial charge is 0.489 e. The average molecular weight is 495 g/mol. The Morgan fingerprint density at radius 3 is 2.06 bits per heavy atom. The van der Waals surface area contributed by atoms with Gasteiger partial charge in [0.15, 0.2) is 0 Å². The van der Waals surface area contributed by atoms with Crippen molar-refractivity contribution in [2.24, 2.45) is 0 Å². The third kappa shape index (κ3) is 7.43. The maximum Gasteiger partial charge on any atom is 0.355 e. The summed E-state index contributed by atoms with van der Waals surface area (Å²) in [5.74, 6) is -0.461. The third-order valence-electron chi connectivity index (χ3n) is 5.19. The number of esters is 1. The van der Waals surface area contributed by atoms with E-state index >= 15 is 0 Å². The summed E-state index contributed by atoms with van der Waals surface area (Å²) in [4.78, 5) is 12.7. The first-order valence-corrected chi connectivity index (χ1v) is 12.6. The average Bonchev–Trinajstić information content (AvgIpc) is 2.87. The summed E-state index contributed by atoms with van der Waals surface area (Å²) in [5.41, 5.74) is 2.65. The van der Waals surface area contributed by atoms with Gasteiger partial charge in [0, 0.05) is 20.0 Å². The number of rotatable bonds is 11. The molecule has 0 aromatic heterocycles. The van der Waals surface area contributed by atoms with Gasteiger partial charge in [0.05, 0.1) is 6.61 Å². The van der Waals surface area contributed by atoms with E-state index in [1.807, 2.05) is 84.9 Å². The minimum Gasteiger partial charge on any atom is -0.489 e. The second-order valence-corrected chi connectivity index (χ2v) is 9.81. The quantitative estimate of drug-likeness (QED) is 0.318. The van der Waals surface area contributed by atoms with Crippen LogP contribution in [0.15, 0.2) is 96.7 Å². The van der Waals surface area contributed by atoms with Gasteiger partial charge in [-0.15, -0.1) is 0 Å². The van der Waals surface area contributed by atoms with Crippen molar-refractivity contribution in [2.45, 2.75) is 19.4 Å². The number of carbonyl (C=O) groups is 1. The van der Waals surface area contributed by atoms with Crippen LogP contribution in [-0.2, 0) is 26.3 Å². The predicted molar refractivity (Wildman–Crippen MR) is 136 cm³/mol. The monoisotopic (exact) mass is 494 g/mol. The van der Waals surface area contributed by atoms with Gasteiger partial charge in [0.1, 0.15) is 18.1 Å². The standard InChI is InChI=1S/C27H30N2O5S/c1-4-33-27(30)26(28-35(31,32)29(2)3)19-25(22-13-9-6-10-14-22)23-15-17-24(18-16-23)34-20-21-11-7-5-8-12-21/h5-19,25,28H,4,20H2,1-3H3/b26-19-/t25-/m0/s1. The number of hydrogen-bond acceptors (Lipinski definition) is 5. The van der Waals surface area contributed by atoms with Gasteiger partial charge in [-0.1, -0.05) is 72.8 Å². The lowest BCUT2D eigenvalue weighted by Crippen LogP contribution is -2.37. The van der Waals surface area contributed by atoms with Crippen LogP contribution in [0.1, 0.15) is 29.5 Å². The summed E-state index contributed by atoms with van der Waals surface area (Å²) in [6.45, 7) is 2.23. The van der Waals surface area contributed by atoms with Crippen molar-refractivity contribution in [3.05, 3.63) is 113 Å². The first-order valence-electron chi connectivity index (χ1n) is 11.2. The number of benzene rings is 3. The van der Waals surface area contributed by atoms with Gasteiger partial charge in [-0.05, 0) is 41.8 Å². The van der Waals surface area contributed by atoms with Crippen LogP contribution in [0.2, 0.25) is 0 Å². The van der Waals surface area contributed by atoms with E-state index in [-0.39, 0.29) is 12.3 Å². The van der Waals surface area contributed by atoms with Crippen LogP contribution in [-0.4, -0.2) is 39.4 Å². The molecular weight excluding hydrogens is 464 g/mol. The predicted octanol–water partition coefficient (Wildman–Crippen LogP) is 4.24. The zero-order valence-corrected chi connectivity index (χ0v) is 20.9. The van der Waals surface area contributed by atoms with Crippen LogP contribution in [0.5, 0.6) is 5.75 Å². The molecule has 0 aliphatic rings. The van der Waals surface area contributed by atoms with E-state index in [0.29, 0.717) is 12.4 Å². The smallest absolute Gasteiger partial charge is 0.355 e. The van der Waals surface area contributed by atoms with Gasteiger partial charge in [-0.3, -0.25) is 4.72 Å². The third-order valence-corrected chi connectivity index (χ3v) is 6.63. The molecule has 184 valence electrons. The fraction of sp³-hybridized carbons (Fsp3) is 0.222. The van der Waals surface area contributed by atoms with E-state index in [2.05, 4.69) is 4.72 Å². The van der Waals surface area contributed by atoms with Gasteiger partial charge in [0.25, 0.3) is 0 Å². The van der Waals surface area contributed by atoms with Gasteiger partial charge in [-0.2, -0.15) is 12.7 Å². The Bertz CT molecular complexity index is 1230. The Morgan fingerprint density at radius 1 is 0.914 bits per heavy atom. The molecule has 0 saturated carbocycles. The van der Waals surface area contributed by atoms with Crippen molar-refractivity contribution in [3.8, 4) is 5.75 Å². The summed E-state index contributed by atoms with van der Waals surface area (Å²) in [7, 11) is -1.15. The molecule has 35 heavy (non-hydrogen) atoms. The second kappa shape index (κ2) is 12.2. The highest BCUT2D eigenvalue weighted by atomic mass is 32.2. The first-order chi connectivity index (χ1) is 16.8. The van der Waals surface area contributed by atoms with E-state index in [0.717, 1.165) is 21.0 Å². The molecular formula is C27H30N2O5S. The Kier molecular flexibility index (Phi) is 9.05. The Balaban J connectivity index is 1.94. The molecule has 3 aromatic rings. The molecule has 0 amide bonds. The van der Waals surface area contributed by atoms with E-state index in [1.54, 1.807) is 13.0 Å². The van der Waals surface area contributed by atoms with Crippen molar-refractivity contribution in [3.63, 3.8) is 0 Å². The zero-order valence-electron chi connectivity index (χ0n) is 20.0. The maximum atomic E-state index is 12.7. The molecule has 0 saturated heterocycles. The van der Waals surface area contributed by atoms with Crippen LogP contribution < -0.4 is 9.46 Å². The minimum absolute atomic E-state index is 0.114. The number of ether oxygens (including phenoxy) is 2. The van der Waals surface area contributed by atoms with Gasteiger partial charge < -0.3 is 9.47 Å². The Hall–Kier alpha value is -3.62. The summed E-state index contributed by atoms with van der Waals surface area (Å²) in [6.07, 6.45) is 1.58. The van der Waals surface area contributed by atoms with Gasteiger partial charge in [-0.25, -0.2) is 4.79 Å². The normalized spacial score (nSPS) is 12.7. The lowest BCUT2D eigenvalue weighted by atomic mass is 9.90. The summed E-state index contributed by atoms with van der Waals surface area (Å²) < 4.78 is 39.3. The molecule has 7 nitrogen and oxygen atoms in total. The van der Waals surface area contributed by atoms with Gasteiger partial charge in [0.2, 0.25) is 0 Å². The number of carbonyl (C=O) groups excluding carboxylic acids is 1. The molecule has 0 fully saturated rings. The summed E-state index contributed by atoms with van der Waals surface area (Å²) in [6, 6.07) is 26.9. The highest BCUT2D eigenvalue weighted by molar-refractivity contribution is 7.87. The molecule has 1 N–H and O–H groups in total. The molecule has 0 bridgehead atoms. The lowest BCUT2D eigenvalue weighted by molar-refractivity contribution is -0.138. The molecule has 1 atom stereocenters. The molecule has 0 spiro atoms. The van der Waals surface area contributed by atoms with Crippen LogP contribution >= 0.6 is 0 Å². The van der Waals surface area contributed by atoms with E-state index in [1.165, 1.54) is 14.1 Å². The minimum atomic E-state index is -3.92. The fourth-order valence-electron chi connectivity index (χ4n) is 3.31. The van der Waals surface area contributed by atoms with Gasteiger partial charge >= 0.3 is 16.2 Å². The van der Waals surface area contributed by atoms with Crippen molar-refractivity contribution in [1.29, 1.82) is 0 Å². The number of nitrogens with zero attached hydrogens (tertiary/aromatic N) is 1. The van der Waals surface area contributed by atoms with E-state index in [4.69, 9.17) is 9.47 Å². The molecule has 0 radical (unpaired) electrons. The molecule has 0 unspecified atom stereocenters. The fourth-order valence-corrected chi connectivity index (χ4v) is 3.92. The van der Waals surface area contributed by atoms with Crippen LogP contribution in [0.4, 0.5) is 0 Å². The van der Waals surface area contributed by atoms with E-state index < -0.39 is 22.1 Å². The molecule has 0 aliphatic carbocycles. The Labute approximate surface area is 207 Å². The van der Waals surface area contributed by atoms with Crippen molar-refractivity contribution >= 4 is 16.2 Å². The highest BCUT2D eigenvalue weighted by Crippen LogP contribution is 2.29. The first kappa shape index (κ1) is 26.0. The number of hydrogen-bond donors (Lipinski definition) is 1. The summed E-state index contributed by atoms with van der Waals surface area (Å²) >= 11 is 0. The maximum absolute atomic E-state index is 12.7.